The Labute approximate surface area is 160 Å². The van der Waals surface area contributed by atoms with Crippen molar-refractivity contribution >= 4 is 11.8 Å². The SMILES string of the molecule is CCCNC(=O)C(=O)N[C@H]1CC(C)(C)Cc2c1cnn2-c1ccccc1C. The molecular formula is C21H28N4O2. The molecule has 0 radical (unpaired) electrons. The molecule has 0 bridgehead atoms. The first kappa shape index (κ1) is 19.1. The predicted octanol–water partition coefficient (Wildman–Crippen LogP) is 2.84. The number of nitrogens with one attached hydrogen (secondary N) is 2. The Hall–Kier alpha value is -2.63. The van der Waals surface area contributed by atoms with Crippen molar-refractivity contribution in [1.82, 2.24) is 20.4 Å². The molecule has 1 atom stereocenters. The first-order valence-corrected chi connectivity index (χ1v) is 9.54. The van der Waals surface area contributed by atoms with Crippen LogP contribution in [0.5, 0.6) is 0 Å². The van der Waals surface area contributed by atoms with Crippen LogP contribution in [-0.4, -0.2) is 28.1 Å². The molecule has 0 saturated heterocycles. The monoisotopic (exact) mass is 368 g/mol. The van der Waals surface area contributed by atoms with Crippen molar-refractivity contribution < 1.29 is 9.59 Å². The van der Waals surface area contributed by atoms with E-state index in [4.69, 9.17) is 0 Å². The lowest BCUT2D eigenvalue weighted by Crippen LogP contribution is -2.44. The minimum Gasteiger partial charge on any atom is -0.348 e. The normalized spacial score (nSPS) is 17.9. The van der Waals surface area contributed by atoms with Gasteiger partial charge in [-0.2, -0.15) is 5.10 Å². The van der Waals surface area contributed by atoms with Crippen molar-refractivity contribution in [2.45, 2.75) is 53.0 Å². The van der Waals surface area contributed by atoms with Crippen LogP contribution >= 0.6 is 0 Å². The molecule has 3 rings (SSSR count). The van der Waals surface area contributed by atoms with E-state index in [2.05, 4.69) is 48.6 Å². The second-order valence-corrected chi connectivity index (χ2v) is 8.07. The van der Waals surface area contributed by atoms with Crippen LogP contribution < -0.4 is 10.6 Å². The molecule has 1 aliphatic carbocycles. The lowest BCUT2D eigenvalue weighted by molar-refractivity contribution is -0.139. The fourth-order valence-electron chi connectivity index (χ4n) is 3.72. The zero-order valence-electron chi connectivity index (χ0n) is 16.5. The number of para-hydroxylation sites is 1. The predicted molar refractivity (Wildman–Crippen MR) is 105 cm³/mol. The van der Waals surface area contributed by atoms with Gasteiger partial charge in [-0.1, -0.05) is 39.0 Å². The average Bonchev–Trinajstić information content (AvgIpc) is 3.02. The number of fused-ring (bicyclic) bond motifs is 1. The van der Waals surface area contributed by atoms with E-state index >= 15 is 0 Å². The first-order valence-electron chi connectivity index (χ1n) is 9.54. The fourth-order valence-corrected chi connectivity index (χ4v) is 3.72. The van der Waals surface area contributed by atoms with Crippen LogP contribution in [0.3, 0.4) is 0 Å². The van der Waals surface area contributed by atoms with E-state index in [0.717, 1.165) is 41.8 Å². The number of carbonyl (C=O) groups is 2. The summed E-state index contributed by atoms with van der Waals surface area (Å²) in [7, 11) is 0. The van der Waals surface area contributed by atoms with Crippen molar-refractivity contribution in [3.63, 3.8) is 0 Å². The molecule has 0 spiro atoms. The van der Waals surface area contributed by atoms with Gasteiger partial charge in [0.25, 0.3) is 0 Å². The fraction of sp³-hybridized carbons (Fsp3) is 0.476. The van der Waals surface area contributed by atoms with E-state index in [1.807, 2.05) is 29.9 Å². The lowest BCUT2D eigenvalue weighted by Gasteiger charge is -2.35. The largest absolute Gasteiger partial charge is 0.348 e. The minimum atomic E-state index is -0.583. The van der Waals surface area contributed by atoms with Gasteiger partial charge in [-0.05, 0) is 43.2 Å². The van der Waals surface area contributed by atoms with Crippen molar-refractivity contribution in [1.29, 1.82) is 0 Å². The van der Waals surface area contributed by atoms with Gasteiger partial charge in [-0.15, -0.1) is 0 Å². The molecule has 2 amide bonds. The van der Waals surface area contributed by atoms with E-state index in [1.54, 1.807) is 0 Å². The van der Waals surface area contributed by atoms with Gasteiger partial charge in [0.2, 0.25) is 0 Å². The molecular weight excluding hydrogens is 340 g/mol. The third kappa shape index (κ3) is 4.04. The number of nitrogens with zero attached hydrogens (tertiary/aromatic N) is 2. The molecule has 6 nitrogen and oxygen atoms in total. The highest BCUT2D eigenvalue weighted by Crippen LogP contribution is 2.41. The van der Waals surface area contributed by atoms with Crippen molar-refractivity contribution in [2.24, 2.45) is 5.41 Å². The van der Waals surface area contributed by atoms with Gasteiger partial charge in [0.05, 0.1) is 23.6 Å². The summed E-state index contributed by atoms with van der Waals surface area (Å²) in [4.78, 5) is 24.3. The molecule has 1 aliphatic rings. The molecule has 27 heavy (non-hydrogen) atoms. The molecule has 0 unspecified atom stereocenters. The van der Waals surface area contributed by atoms with Crippen molar-refractivity contribution in [2.75, 3.05) is 6.54 Å². The zero-order valence-corrected chi connectivity index (χ0v) is 16.5. The number of rotatable bonds is 4. The Kier molecular flexibility index (Phi) is 5.35. The Morgan fingerprint density at radius 1 is 1.26 bits per heavy atom. The maximum absolute atomic E-state index is 12.3. The summed E-state index contributed by atoms with van der Waals surface area (Å²) in [5.74, 6) is -1.16. The maximum Gasteiger partial charge on any atom is 0.309 e. The van der Waals surface area contributed by atoms with Crippen molar-refractivity contribution in [3.8, 4) is 5.69 Å². The third-order valence-electron chi connectivity index (χ3n) is 5.07. The van der Waals surface area contributed by atoms with Gasteiger partial charge in [-0.25, -0.2) is 4.68 Å². The molecule has 144 valence electrons. The summed E-state index contributed by atoms with van der Waals surface area (Å²) in [6.45, 7) is 8.88. The van der Waals surface area contributed by atoms with Gasteiger partial charge < -0.3 is 10.6 Å². The third-order valence-corrected chi connectivity index (χ3v) is 5.07. The van der Waals surface area contributed by atoms with Crippen LogP contribution in [0, 0.1) is 12.3 Å². The van der Waals surface area contributed by atoms with Crippen LogP contribution in [-0.2, 0) is 16.0 Å². The summed E-state index contributed by atoms with van der Waals surface area (Å²) in [5, 5.41) is 10.2. The van der Waals surface area contributed by atoms with E-state index < -0.39 is 11.8 Å². The van der Waals surface area contributed by atoms with E-state index in [-0.39, 0.29) is 11.5 Å². The van der Waals surface area contributed by atoms with E-state index in [9.17, 15) is 9.59 Å². The topological polar surface area (TPSA) is 76.0 Å². The highest BCUT2D eigenvalue weighted by atomic mass is 16.2. The van der Waals surface area contributed by atoms with Gasteiger partial charge >= 0.3 is 11.8 Å². The highest BCUT2D eigenvalue weighted by Gasteiger charge is 2.36. The number of hydrogen-bond donors (Lipinski definition) is 2. The van der Waals surface area contributed by atoms with Gasteiger partial charge in [-0.3, -0.25) is 9.59 Å². The van der Waals surface area contributed by atoms with Crippen molar-refractivity contribution in [3.05, 3.63) is 47.3 Å². The molecule has 1 heterocycles. The molecule has 1 aromatic carbocycles. The first-order chi connectivity index (χ1) is 12.8. The summed E-state index contributed by atoms with van der Waals surface area (Å²) in [5.41, 5.74) is 4.27. The Bertz CT molecular complexity index is 854. The van der Waals surface area contributed by atoms with Crippen LogP contribution in [0.15, 0.2) is 30.5 Å². The van der Waals surface area contributed by atoms with Crippen LogP contribution in [0.1, 0.15) is 56.5 Å². The molecule has 0 fully saturated rings. The van der Waals surface area contributed by atoms with Gasteiger partial charge in [0.1, 0.15) is 0 Å². The van der Waals surface area contributed by atoms with Crippen LogP contribution in [0.4, 0.5) is 0 Å². The Morgan fingerprint density at radius 2 is 2.00 bits per heavy atom. The smallest absolute Gasteiger partial charge is 0.309 e. The number of hydrogen-bond acceptors (Lipinski definition) is 3. The van der Waals surface area contributed by atoms with Crippen LogP contribution in [0.25, 0.3) is 5.69 Å². The lowest BCUT2D eigenvalue weighted by atomic mass is 9.74. The number of carbonyl (C=O) groups excluding carboxylic acids is 2. The summed E-state index contributed by atoms with van der Waals surface area (Å²) >= 11 is 0. The van der Waals surface area contributed by atoms with E-state index in [1.165, 1.54) is 0 Å². The molecule has 6 heteroatoms. The highest BCUT2D eigenvalue weighted by molar-refractivity contribution is 6.35. The zero-order chi connectivity index (χ0) is 19.6. The molecule has 2 aromatic rings. The molecule has 0 saturated carbocycles. The van der Waals surface area contributed by atoms with Gasteiger partial charge in [0.15, 0.2) is 0 Å². The maximum atomic E-state index is 12.3. The summed E-state index contributed by atoms with van der Waals surface area (Å²) in [6.07, 6.45) is 4.26. The molecule has 2 N–H and O–H groups in total. The average molecular weight is 368 g/mol. The molecule has 0 aliphatic heterocycles. The summed E-state index contributed by atoms with van der Waals surface area (Å²) < 4.78 is 1.97. The second-order valence-electron chi connectivity index (χ2n) is 8.07. The number of amides is 2. The minimum absolute atomic E-state index is 0.00862. The quantitative estimate of drug-likeness (QED) is 0.815. The van der Waals surface area contributed by atoms with Crippen LogP contribution in [0.2, 0.25) is 0 Å². The molecule has 1 aromatic heterocycles. The number of benzene rings is 1. The van der Waals surface area contributed by atoms with E-state index in [0.29, 0.717) is 6.54 Å². The number of aromatic nitrogens is 2. The summed E-state index contributed by atoms with van der Waals surface area (Å²) in [6, 6.07) is 7.91. The second kappa shape index (κ2) is 7.55. The number of aryl methyl sites for hydroxylation is 1. The Morgan fingerprint density at radius 3 is 2.70 bits per heavy atom. The Balaban J connectivity index is 1.91. The van der Waals surface area contributed by atoms with Gasteiger partial charge in [0, 0.05) is 12.1 Å². The standard InChI is InChI=1S/C21H28N4O2/c1-5-10-22-19(26)20(27)24-16-11-21(3,4)12-18-15(16)13-23-25(18)17-9-7-6-8-14(17)2/h6-9,13,16H,5,10-12H2,1-4H3,(H,22,26)(H,24,27)/t16-/m0/s1.